The Kier molecular flexibility index (Phi) is 2.28. The van der Waals surface area contributed by atoms with Crippen molar-refractivity contribution >= 4 is 23.5 Å². The summed E-state index contributed by atoms with van der Waals surface area (Å²) in [6, 6.07) is 0.551. The summed E-state index contributed by atoms with van der Waals surface area (Å²) >= 11 is 1.65. The molecule has 1 fully saturated rings. The van der Waals surface area contributed by atoms with Gasteiger partial charge in [0.05, 0.1) is 9.92 Å². The molecule has 2 heterocycles. The summed E-state index contributed by atoms with van der Waals surface area (Å²) in [5.41, 5.74) is 5.65. The molecular weight excluding hydrogens is 220 g/mol. The molecule has 1 aliphatic heterocycles. The zero-order valence-electron chi connectivity index (χ0n) is 9.02. The molecule has 0 spiro atoms. The molecule has 1 aromatic rings. The van der Waals surface area contributed by atoms with E-state index in [9.17, 15) is 0 Å². The molecule has 3 rings (SSSR count). The Balaban J connectivity index is 2.00. The van der Waals surface area contributed by atoms with Crippen molar-refractivity contribution in [3.63, 3.8) is 0 Å². The fraction of sp³-hybridized carbons (Fsp3) is 0.455. The van der Waals surface area contributed by atoms with Crippen molar-refractivity contribution in [1.29, 1.82) is 0 Å². The van der Waals surface area contributed by atoms with Crippen LogP contribution in [0.4, 0.5) is 11.8 Å². The minimum absolute atomic E-state index is 0.344. The highest BCUT2D eigenvalue weighted by molar-refractivity contribution is 8.03. The first kappa shape index (κ1) is 9.96. The van der Waals surface area contributed by atoms with Crippen LogP contribution in [0.15, 0.2) is 22.7 Å². The molecule has 0 atom stereocenters. The molecule has 16 heavy (non-hydrogen) atoms. The van der Waals surface area contributed by atoms with Crippen LogP contribution in [-0.2, 0) is 0 Å². The second-order valence-corrected chi connectivity index (χ2v) is 5.34. The third-order valence-corrected chi connectivity index (χ3v) is 4.11. The van der Waals surface area contributed by atoms with Gasteiger partial charge in [0, 0.05) is 12.2 Å². The van der Waals surface area contributed by atoms with Gasteiger partial charge in [-0.25, -0.2) is 4.98 Å². The van der Waals surface area contributed by atoms with E-state index in [2.05, 4.69) is 21.4 Å². The molecule has 5 heteroatoms. The molecule has 0 radical (unpaired) electrons. The molecule has 84 valence electrons. The number of fused-ring (bicyclic) bond motifs is 1. The predicted molar refractivity (Wildman–Crippen MR) is 66.2 cm³/mol. The number of nitrogens with two attached hydrogens (primary N) is 1. The molecule has 0 aromatic carbocycles. The molecule has 0 saturated heterocycles. The third-order valence-electron chi connectivity index (χ3n) is 3.17. The maximum atomic E-state index is 5.65. The van der Waals surface area contributed by atoms with Crippen LogP contribution < -0.4 is 10.6 Å². The molecule has 1 saturated carbocycles. The standard InChI is InChI=1S/C11H14N4S/c1-7-15(8-4-2-3-5-8)10-9(16-7)6-13-11(12)14-10/h6,8H,1-5H2,(H2,12,13,14). The Labute approximate surface area is 98.9 Å². The summed E-state index contributed by atoms with van der Waals surface area (Å²) in [5, 5.41) is 1.06. The zero-order valence-corrected chi connectivity index (χ0v) is 9.83. The van der Waals surface area contributed by atoms with E-state index in [0.29, 0.717) is 12.0 Å². The van der Waals surface area contributed by atoms with Crippen molar-refractivity contribution in [2.75, 3.05) is 10.6 Å². The summed E-state index contributed by atoms with van der Waals surface area (Å²) in [6.07, 6.45) is 6.85. The number of nitrogen functional groups attached to an aromatic ring is 1. The maximum absolute atomic E-state index is 5.65. The quantitative estimate of drug-likeness (QED) is 0.808. The lowest BCUT2D eigenvalue weighted by atomic mass is 10.2. The smallest absolute Gasteiger partial charge is 0.222 e. The number of thioether (sulfide) groups is 1. The first-order valence-corrected chi connectivity index (χ1v) is 6.36. The second kappa shape index (κ2) is 3.66. The van der Waals surface area contributed by atoms with E-state index < -0.39 is 0 Å². The highest BCUT2D eigenvalue weighted by Crippen LogP contribution is 2.47. The van der Waals surface area contributed by atoms with Crippen molar-refractivity contribution in [1.82, 2.24) is 9.97 Å². The lowest BCUT2D eigenvalue weighted by Gasteiger charge is -2.25. The Hall–Kier alpha value is -1.23. The fourth-order valence-corrected chi connectivity index (χ4v) is 3.38. The van der Waals surface area contributed by atoms with Crippen LogP contribution in [-0.4, -0.2) is 16.0 Å². The number of hydrogen-bond acceptors (Lipinski definition) is 5. The van der Waals surface area contributed by atoms with Crippen molar-refractivity contribution in [3.8, 4) is 0 Å². The van der Waals surface area contributed by atoms with Gasteiger partial charge in [0.25, 0.3) is 0 Å². The minimum Gasteiger partial charge on any atom is -0.368 e. The van der Waals surface area contributed by atoms with E-state index >= 15 is 0 Å². The summed E-state index contributed by atoms with van der Waals surface area (Å²) in [6.45, 7) is 4.10. The molecule has 0 amide bonds. The SMILES string of the molecule is C=C1Sc2cnc(N)nc2N1C1CCCC1. The van der Waals surface area contributed by atoms with Crippen LogP contribution in [0.1, 0.15) is 25.7 Å². The van der Waals surface area contributed by atoms with Crippen molar-refractivity contribution in [2.24, 2.45) is 0 Å². The molecule has 4 nitrogen and oxygen atoms in total. The van der Waals surface area contributed by atoms with E-state index in [1.165, 1.54) is 25.7 Å². The van der Waals surface area contributed by atoms with Gasteiger partial charge < -0.3 is 10.6 Å². The maximum Gasteiger partial charge on any atom is 0.222 e. The van der Waals surface area contributed by atoms with Gasteiger partial charge in [0.15, 0.2) is 5.82 Å². The average Bonchev–Trinajstić information content (AvgIpc) is 2.83. The number of hydrogen-bond donors (Lipinski definition) is 1. The van der Waals surface area contributed by atoms with E-state index in [1.54, 1.807) is 18.0 Å². The van der Waals surface area contributed by atoms with Crippen molar-refractivity contribution in [2.45, 2.75) is 36.6 Å². The van der Waals surface area contributed by atoms with E-state index in [1.807, 2.05) is 0 Å². The highest BCUT2D eigenvalue weighted by Gasteiger charge is 2.33. The van der Waals surface area contributed by atoms with Crippen LogP contribution in [0.25, 0.3) is 0 Å². The molecule has 2 aliphatic rings. The molecule has 1 aromatic heterocycles. The summed E-state index contributed by atoms with van der Waals surface area (Å²) in [7, 11) is 0. The lowest BCUT2D eigenvalue weighted by molar-refractivity contribution is 0.662. The first-order chi connectivity index (χ1) is 7.75. The van der Waals surface area contributed by atoms with Gasteiger partial charge in [0.1, 0.15) is 0 Å². The summed E-state index contributed by atoms with van der Waals surface area (Å²) in [4.78, 5) is 11.7. The van der Waals surface area contributed by atoms with Gasteiger partial charge >= 0.3 is 0 Å². The Bertz CT molecular complexity index is 440. The van der Waals surface area contributed by atoms with Crippen LogP contribution in [0.2, 0.25) is 0 Å². The van der Waals surface area contributed by atoms with Gasteiger partial charge in [0.2, 0.25) is 5.95 Å². The lowest BCUT2D eigenvalue weighted by Crippen LogP contribution is -2.29. The Morgan fingerprint density at radius 1 is 1.44 bits per heavy atom. The van der Waals surface area contributed by atoms with Crippen LogP contribution in [0.3, 0.4) is 0 Å². The largest absolute Gasteiger partial charge is 0.368 e. The summed E-state index contributed by atoms with van der Waals surface area (Å²) < 4.78 is 0. The predicted octanol–water partition coefficient (Wildman–Crippen LogP) is 2.38. The minimum atomic E-state index is 0.344. The second-order valence-electron chi connectivity index (χ2n) is 4.22. The summed E-state index contributed by atoms with van der Waals surface area (Å²) in [5.74, 6) is 1.30. The third kappa shape index (κ3) is 1.46. The molecule has 0 bridgehead atoms. The van der Waals surface area contributed by atoms with Crippen LogP contribution in [0.5, 0.6) is 0 Å². The number of aromatic nitrogens is 2. The van der Waals surface area contributed by atoms with Crippen LogP contribution in [0, 0.1) is 0 Å². The zero-order chi connectivity index (χ0) is 11.1. The Morgan fingerprint density at radius 3 is 2.94 bits per heavy atom. The highest BCUT2D eigenvalue weighted by atomic mass is 32.2. The van der Waals surface area contributed by atoms with Gasteiger partial charge in [-0.15, -0.1) is 0 Å². The first-order valence-electron chi connectivity index (χ1n) is 5.54. The van der Waals surface area contributed by atoms with Crippen LogP contribution >= 0.6 is 11.8 Å². The van der Waals surface area contributed by atoms with Crippen molar-refractivity contribution in [3.05, 3.63) is 17.8 Å². The monoisotopic (exact) mass is 234 g/mol. The number of nitrogens with zero attached hydrogens (tertiary/aromatic N) is 3. The molecule has 1 aliphatic carbocycles. The number of anilines is 2. The molecular formula is C11H14N4S. The fourth-order valence-electron chi connectivity index (χ4n) is 2.45. The van der Waals surface area contributed by atoms with Gasteiger partial charge in [-0.2, -0.15) is 4.98 Å². The normalized spacial score (nSPS) is 20.5. The van der Waals surface area contributed by atoms with E-state index in [-0.39, 0.29) is 0 Å². The van der Waals surface area contributed by atoms with E-state index in [4.69, 9.17) is 5.73 Å². The number of rotatable bonds is 1. The molecule has 0 unspecified atom stereocenters. The van der Waals surface area contributed by atoms with Crippen molar-refractivity contribution < 1.29 is 0 Å². The topological polar surface area (TPSA) is 55.0 Å². The van der Waals surface area contributed by atoms with Gasteiger partial charge in [-0.3, -0.25) is 0 Å². The van der Waals surface area contributed by atoms with Gasteiger partial charge in [-0.1, -0.05) is 31.2 Å². The Morgan fingerprint density at radius 2 is 2.19 bits per heavy atom. The van der Waals surface area contributed by atoms with Gasteiger partial charge in [-0.05, 0) is 12.8 Å². The average molecular weight is 234 g/mol. The molecule has 2 N–H and O–H groups in total. The van der Waals surface area contributed by atoms with E-state index in [0.717, 1.165) is 15.7 Å².